The molecule has 0 saturated carbocycles. The van der Waals surface area contributed by atoms with Crippen LogP contribution in [-0.2, 0) is 14.1 Å². The van der Waals surface area contributed by atoms with E-state index in [-0.39, 0.29) is 22.9 Å². The fraction of sp³-hybridized carbons (Fsp3) is 0.130. The zero-order valence-corrected chi connectivity index (χ0v) is 28.6. The predicted molar refractivity (Wildman–Crippen MR) is 209 cm³/mol. The van der Waals surface area contributed by atoms with Gasteiger partial charge in [-0.25, -0.2) is 0 Å². The van der Waals surface area contributed by atoms with Crippen LogP contribution in [0.25, 0.3) is 77.4 Å². The van der Waals surface area contributed by atoms with Gasteiger partial charge in [-0.05, 0) is 54.3 Å². The van der Waals surface area contributed by atoms with Crippen molar-refractivity contribution >= 4 is 66.3 Å². The Morgan fingerprint density at radius 1 is 0.712 bits per heavy atom. The molecule has 0 saturated heterocycles. The third kappa shape index (κ3) is 3.84. The van der Waals surface area contributed by atoms with Crippen molar-refractivity contribution in [3.63, 3.8) is 0 Å². The van der Waals surface area contributed by atoms with Crippen molar-refractivity contribution < 1.29 is 9.15 Å². The van der Waals surface area contributed by atoms with E-state index in [0.717, 1.165) is 79.2 Å². The van der Waals surface area contributed by atoms with E-state index in [1.54, 1.807) is 0 Å². The van der Waals surface area contributed by atoms with Gasteiger partial charge >= 0.3 is 0 Å². The highest BCUT2D eigenvalue weighted by molar-refractivity contribution is 6.13. The quantitative estimate of drug-likeness (QED) is 0.175. The highest BCUT2D eigenvalue weighted by atomic mass is 16.5. The van der Waals surface area contributed by atoms with Gasteiger partial charge < -0.3 is 18.3 Å². The van der Waals surface area contributed by atoms with Gasteiger partial charge in [-0.15, -0.1) is 0 Å². The van der Waals surface area contributed by atoms with Crippen LogP contribution in [0.3, 0.4) is 0 Å². The maximum Gasteiger partial charge on any atom is 0.197 e. The number of nitrogens with zero attached hydrogens (tertiary/aromatic N) is 2. The standard InChI is InChI=1S/C46H32N2O4/c1-47-37-23-36-38(48(2)42-28(14-8-20-34(42)44(36)50)32-18-10-16-30-26-12-4-6-22-40(26)52-46(30)32)24-35(37)43(49)33-19-7-13-27(41(33)47)31-17-9-15-29-25-11-3-5-21-39(25)51-45(29)31/h3-7,9-13,15-24,30,46H,8,14H2,1-2H3. The number of aryl methyl sites for hydroxylation is 2. The van der Waals surface area contributed by atoms with Gasteiger partial charge in [-0.1, -0.05) is 91.0 Å². The molecule has 11 rings (SSSR count). The Morgan fingerprint density at radius 2 is 1.44 bits per heavy atom. The van der Waals surface area contributed by atoms with Crippen molar-refractivity contribution in [3.05, 3.63) is 157 Å². The Kier molecular flexibility index (Phi) is 5.96. The molecule has 0 radical (unpaired) electrons. The SMILES string of the molecule is Cn1c2c(c(=O)c3cc4c(cc31)c(=O)c1cccc(-c3cccc5c3oc3ccccc35)c1n4C)=CCCC=2C1=CC=CC2c3ccccc3OC12. The summed E-state index contributed by atoms with van der Waals surface area (Å²) in [5, 5.41) is 5.49. The summed E-state index contributed by atoms with van der Waals surface area (Å²) in [4.78, 5) is 29.1. The van der Waals surface area contributed by atoms with Crippen molar-refractivity contribution in [1.29, 1.82) is 0 Å². The van der Waals surface area contributed by atoms with Gasteiger partial charge in [0.25, 0.3) is 0 Å². The molecule has 0 spiro atoms. The van der Waals surface area contributed by atoms with Gasteiger partial charge in [-0.2, -0.15) is 0 Å². The van der Waals surface area contributed by atoms with Gasteiger partial charge in [0, 0.05) is 68.9 Å². The molecule has 3 aliphatic rings. The monoisotopic (exact) mass is 676 g/mol. The highest BCUT2D eigenvalue weighted by Crippen LogP contribution is 2.45. The molecule has 0 amide bonds. The number of pyridine rings is 2. The van der Waals surface area contributed by atoms with Crippen LogP contribution in [0.1, 0.15) is 24.3 Å². The number of furan rings is 1. The summed E-state index contributed by atoms with van der Waals surface area (Å²) in [6.07, 6.45) is 9.98. The molecule has 52 heavy (non-hydrogen) atoms. The van der Waals surface area contributed by atoms with Crippen LogP contribution in [0, 0.1) is 0 Å². The molecule has 6 heteroatoms. The van der Waals surface area contributed by atoms with Gasteiger partial charge in [-0.3, -0.25) is 9.59 Å². The fourth-order valence-electron chi connectivity index (χ4n) is 9.24. The van der Waals surface area contributed by atoms with Gasteiger partial charge in [0.05, 0.1) is 21.9 Å². The second-order valence-electron chi connectivity index (χ2n) is 14.2. The summed E-state index contributed by atoms with van der Waals surface area (Å²) in [5.74, 6) is 1.04. The molecule has 4 heterocycles. The molecule has 2 aliphatic carbocycles. The summed E-state index contributed by atoms with van der Waals surface area (Å²) in [6.45, 7) is 0. The largest absolute Gasteiger partial charge is 0.484 e. The Hall–Kier alpha value is -6.40. The van der Waals surface area contributed by atoms with Crippen LogP contribution in [-0.4, -0.2) is 15.2 Å². The lowest BCUT2D eigenvalue weighted by Crippen LogP contribution is -2.48. The number of para-hydroxylation sites is 4. The van der Waals surface area contributed by atoms with Crippen LogP contribution in [0.4, 0.5) is 0 Å². The van der Waals surface area contributed by atoms with Gasteiger partial charge in [0.15, 0.2) is 10.9 Å². The fourth-order valence-corrected chi connectivity index (χ4v) is 9.24. The first-order valence-corrected chi connectivity index (χ1v) is 17.8. The number of fused-ring (bicyclic) bond motifs is 10. The van der Waals surface area contributed by atoms with E-state index < -0.39 is 0 Å². The Labute approximate surface area is 297 Å². The molecule has 5 aromatic carbocycles. The normalized spacial score (nSPS) is 17.7. The highest BCUT2D eigenvalue weighted by Gasteiger charge is 2.38. The Balaban J connectivity index is 1.17. The molecule has 8 aromatic rings. The minimum atomic E-state index is -0.149. The first kappa shape index (κ1) is 29.3. The van der Waals surface area contributed by atoms with Crippen LogP contribution in [0.2, 0.25) is 0 Å². The van der Waals surface area contributed by atoms with Crippen molar-refractivity contribution in [3.8, 4) is 16.9 Å². The molecule has 2 unspecified atom stereocenters. The summed E-state index contributed by atoms with van der Waals surface area (Å²) in [7, 11) is 4.00. The number of allylic oxidation sites excluding steroid dienone is 2. The third-order valence-electron chi connectivity index (χ3n) is 11.6. The molecule has 1 aliphatic heterocycles. The molecule has 2 atom stereocenters. The van der Waals surface area contributed by atoms with Gasteiger partial charge in [0.2, 0.25) is 0 Å². The van der Waals surface area contributed by atoms with Gasteiger partial charge in [0.1, 0.15) is 23.0 Å². The van der Waals surface area contributed by atoms with Crippen molar-refractivity contribution in [1.82, 2.24) is 9.13 Å². The third-order valence-corrected chi connectivity index (χ3v) is 11.6. The molecule has 6 nitrogen and oxygen atoms in total. The number of hydrogen-bond donors (Lipinski definition) is 0. The average Bonchev–Trinajstić information content (AvgIpc) is 3.77. The predicted octanol–water partition coefficient (Wildman–Crippen LogP) is 7.88. The summed E-state index contributed by atoms with van der Waals surface area (Å²) < 4.78 is 17.2. The van der Waals surface area contributed by atoms with E-state index in [2.05, 4.69) is 63.8 Å². The first-order chi connectivity index (χ1) is 25.5. The molecule has 0 fully saturated rings. The number of hydrogen-bond acceptors (Lipinski definition) is 4. The number of benzene rings is 5. The second kappa shape index (κ2) is 10.6. The van der Waals surface area contributed by atoms with Crippen LogP contribution >= 0.6 is 0 Å². The molecule has 250 valence electrons. The van der Waals surface area contributed by atoms with Crippen LogP contribution in [0.15, 0.2) is 135 Å². The molecule has 3 aromatic heterocycles. The number of rotatable bonds is 2. The van der Waals surface area contributed by atoms with Crippen LogP contribution in [0.5, 0.6) is 5.75 Å². The Morgan fingerprint density at radius 3 is 2.33 bits per heavy atom. The van der Waals surface area contributed by atoms with Crippen LogP contribution < -0.4 is 26.2 Å². The van der Waals surface area contributed by atoms with E-state index in [0.29, 0.717) is 26.9 Å². The van der Waals surface area contributed by atoms with E-state index >= 15 is 0 Å². The maximum absolute atomic E-state index is 14.6. The number of aromatic nitrogens is 2. The molecular weight excluding hydrogens is 645 g/mol. The van der Waals surface area contributed by atoms with Crippen molar-refractivity contribution in [2.24, 2.45) is 14.1 Å². The topological polar surface area (TPSA) is 66.4 Å². The summed E-state index contributed by atoms with van der Waals surface area (Å²) >= 11 is 0. The van der Waals surface area contributed by atoms with E-state index in [1.807, 2.05) is 80.8 Å². The minimum absolute atomic E-state index is 0.0193. The molecule has 0 N–H and O–H groups in total. The van der Waals surface area contributed by atoms with Crippen molar-refractivity contribution in [2.75, 3.05) is 0 Å². The lowest BCUT2D eigenvalue weighted by molar-refractivity contribution is 0.260. The Bertz CT molecular complexity index is 3250. The summed E-state index contributed by atoms with van der Waals surface area (Å²) in [5.41, 5.74) is 9.03. The zero-order valence-electron chi connectivity index (χ0n) is 28.6. The van der Waals surface area contributed by atoms with Crippen molar-refractivity contribution in [2.45, 2.75) is 24.9 Å². The maximum atomic E-state index is 14.6. The molecular formula is C46H32N2O4. The first-order valence-electron chi connectivity index (χ1n) is 17.8. The van der Waals surface area contributed by atoms with E-state index in [4.69, 9.17) is 9.15 Å². The lowest BCUT2D eigenvalue weighted by Gasteiger charge is -2.26. The van der Waals surface area contributed by atoms with E-state index in [9.17, 15) is 9.59 Å². The second-order valence-corrected chi connectivity index (χ2v) is 14.2. The molecule has 0 bridgehead atoms. The smallest absolute Gasteiger partial charge is 0.197 e. The van der Waals surface area contributed by atoms with E-state index in [1.165, 1.54) is 5.56 Å². The minimum Gasteiger partial charge on any atom is -0.484 e. The lowest BCUT2D eigenvalue weighted by atomic mass is 9.82. The zero-order chi connectivity index (χ0) is 34.8. The number of ether oxygens (including phenoxy) is 1. The summed E-state index contributed by atoms with van der Waals surface area (Å²) in [6, 6.07) is 32.2. The average molecular weight is 677 g/mol.